The molecule has 6 heteroatoms. The van der Waals surface area contributed by atoms with Gasteiger partial charge >= 0.3 is 0 Å². The standard InChI is InChI=1S/C20H17ClN2O3/c21-15-8-6-14(7-9-15)20-17-10-11-23(12-18(17)22-26-20)19(24)13-25-16-4-2-1-3-5-16/h1-9H,10-13H2. The first-order valence-corrected chi connectivity index (χ1v) is 8.77. The van der Waals surface area contributed by atoms with Crippen molar-refractivity contribution in [2.75, 3.05) is 13.2 Å². The molecule has 4 rings (SSSR count). The summed E-state index contributed by atoms with van der Waals surface area (Å²) in [7, 11) is 0. The first-order valence-electron chi connectivity index (χ1n) is 8.39. The molecule has 0 saturated carbocycles. The van der Waals surface area contributed by atoms with Gasteiger partial charge in [-0.2, -0.15) is 0 Å². The van der Waals surface area contributed by atoms with E-state index in [9.17, 15) is 4.79 Å². The van der Waals surface area contributed by atoms with Gasteiger partial charge in [-0.25, -0.2) is 0 Å². The van der Waals surface area contributed by atoms with Crippen molar-refractivity contribution in [2.45, 2.75) is 13.0 Å². The van der Waals surface area contributed by atoms with Crippen LogP contribution in [0.25, 0.3) is 11.3 Å². The molecule has 1 amide bonds. The fourth-order valence-corrected chi connectivity index (χ4v) is 3.15. The van der Waals surface area contributed by atoms with Crippen LogP contribution in [0.15, 0.2) is 59.1 Å². The van der Waals surface area contributed by atoms with Crippen LogP contribution in [0.2, 0.25) is 5.02 Å². The van der Waals surface area contributed by atoms with Crippen molar-refractivity contribution < 1.29 is 14.1 Å². The topological polar surface area (TPSA) is 55.6 Å². The van der Waals surface area contributed by atoms with Crippen LogP contribution in [0.4, 0.5) is 0 Å². The Morgan fingerprint density at radius 3 is 2.69 bits per heavy atom. The smallest absolute Gasteiger partial charge is 0.260 e. The second-order valence-corrected chi connectivity index (χ2v) is 6.55. The van der Waals surface area contributed by atoms with Gasteiger partial charge in [0.1, 0.15) is 11.4 Å². The summed E-state index contributed by atoms with van der Waals surface area (Å²) in [6.07, 6.45) is 0.702. The molecule has 26 heavy (non-hydrogen) atoms. The summed E-state index contributed by atoms with van der Waals surface area (Å²) in [5.74, 6) is 1.38. The maximum Gasteiger partial charge on any atom is 0.260 e. The third-order valence-corrected chi connectivity index (χ3v) is 4.66. The highest BCUT2D eigenvalue weighted by Crippen LogP contribution is 2.31. The Balaban J connectivity index is 1.43. The van der Waals surface area contributed by atoms with Crippen LogP contribution in [0.3, 0.4) is 0 Å². The van der Waals surface area contributed by atoms with Crippen molar-refractivity contribution in [3.63, 3.8) is 0 Å². The number of fused-ring (bicyclic) bond motifs is 1. The monoisotopic (exact) mass is 368 g/mol. The number of amides is 1. The number of benzene rings is 2. The molecule has 0 N–H and O–H groups in total. The van der Waals surface area contributed by atoms with Crippen LogP contribution in [-0.2, 0) is 17.8 Å². The molecular weight excluding hydrogens is 352 g/mol. The zero-order chi connectivity index (χ0) is 17.9. The van der Waals surface area contributed by atoms with E-state index in [1.54, 1.807) is 4.90 Å². The van der Waals surface area contributed by atoms with E-state index in [1.807, 2.05) is 54.6 Å². The van der Waals surface area contributed by atoms with E-state index >= 15 is 0 Å². The molecule has 0 aliphatic carbocycles. The summed E-state index contributed by atoms with van der Waals surface area (Å²) in [6, 6.07) is 16.8. The average Bonchev–Trinajstić information content (AvgIpc) is 3.11. The van der Waals surface area contributed by atoms with Gasteiger partial charge in [0.2, 0.25) is 0 Å². The normalized spacial score (nSPS) is 13.3. The van der Waals surface area contributed by atoms with E-state index in [1.165, 1.54) is 0 Å². The lowest BCUT2D eigenvalue weighted by Crippen LogP contribution is -2.38. The molecule has 0 atom stereocenters. The second-order valence-electron chi connectivity index (χ2n) is 6.11. The van der Waals surface area contributed by atoms with Gasteiger partial charge in [-0.05, 0) is 42.8 Å². The quantitative estimate of drug-likeness (QED) is 0.699. The Labute approximate surface area is 156 Å². The molecule has 0 unspecified atom stereocenters. The SMILES string of the molecule is O=C(COc1ccccc1)N1CCc2c(noc2-c2ccc(Cl)cc2)C1. The molecule has 132 valence electrons. The summed E-state index contributed by atoms with van der Waals surface area (Å²) >= 11 is 5.94. The van der Waals surface area contributed by atoms with Gasteiger partial charge in [0.15, 0.2) is 12.4 Å². The lowest BCUT2D eigenvalue weighted by molar-refractivity contribution is -0.134. The molecule has 0 spiro atoms. The summed E-state index contributed by atoms with van der Waals surface area (Å²) in [5.41, 5.74) is 2.80. The van der Waals surface area contributed by atoms with Crippen LogP contribution in [0.5, 0.6) is 5.75 Å². The molecule has 2 aromatic carbocycles. The number of nitrogens with zero attached hydrogens (tertiary/aromatic N) is 2. The van der Waals surface area contributed by atoms with Crippen molar-refractivity contribution in [2.24, 2.45) is 0 Å². The van der Waals surface area contributed by atoms with Crippen molar-refractivity contribution in [3.8, 4) is 17.1 Å². The van der Waals surface area contributed by atoms with Crippen LogP contribution in [0, 0.1) is 0 Å². The Morgan fingerprint density at radius 1 is 1.15 bits per heavy atom. The maximum atomic E-state index is 12.4. The van der Waals surface area contributed by atoms with Gasteiger partial charge in [-0.15, -0.1) is 0 Å². The fourth-order valence-electron chi connectivity index (χ4n) is 3.02. The molecular formula is C20H17ClN2O3. The molecule has 2 heterocycles. The molecule has 0 bridgehead atoms. The average molecular weight is 369 g/mol. The number of ether oxygens (including phenoxy) is 1. The number of aromatic nitrogens is 1. The van der Waals surface area contributed by atoms with Gasteiger partial charge in [0, 0.05) is 22.7 Å². The van der Waals surface area contributed by atoms with Gasteiger partial charge in [0.25, 0.3) is 5.91 Å². The molecule has 3 aromatic rings. The van der Waals surface area contributed by atoms with E-state index in [-0.39, 0.29) is 12.5 Å². The maximum absolute atomic E-state index is 12.4. The molecule has 0 radical (unpaired) electrons. The van der Waals surface area contributed by atoms with Gasteiger partial charge < -0.3 is 14.2 Å². The van der Waals surface area contributed by atoms with E-state index in [2.05, 4.69) is 5.16 Å². The van der Waals surface area contributed by atoms with Crippen molar-refractivity contribution in [1.29, 1.82) is 0 Å². The number of para-hydroxylation sites is 1. The fraction of sp³-hybridized carbons (Fsp3) is 0.200. The number of hydrogen-bond acceptors (Lipinski definition) is 4. The predicted molar refractivity (Wildman–Crippen MR) is 98.0 cm³/mol. The number of rotatable bonds is 4. The molecule has 5 nitrogen and oxygen atoms in total. The van der Waals surface area contributed by atoms with Crippen molar-refractivity contribution >= 4 is 17.5 Å². The third-order valence-electron chi connectivity index (χ3n) is 4.41. The minimum Gasteiger partial charge on any atom is -0.484 e. The molecule has 0 fully saturated rings. The zero-order valence-corrected chi connectivity index (χ0v) is 14.8. The van der Waals surface area contributed by atoms with Gasteiger partial charge in [-0.3, -0.25) is 4.79 Å². The highest BCUT2D eigenvalue weighted by molar-refractivity contribution is 6.30. The van der Waals surface area contributed by atoms with Gasteiger partial charge in [-0.1, -0.05) is 35.0 Å². The Morgan fingerprint density at radius 2 is 1.92 bits per heavy atom. The highest BCUT2D eigenvalue weighted by atomic mass is 35.5. The number of hydrogen-bond donors (Lipinski definition) is 0. The summed E-state index contributed by atoms with van der Waals surface area (Å²) in [5, 5.41) is 4.84. The van der Waals surface area contributed by atoms with Crippen LogP contribution >= 0.6 is 11.6 Å². The Hall–Kier alpha value is -2.79. The van der Waals surface area contributed by atoms with E-state index < -0.39 is 0 Å². The van der Waals surface area contributed by atoms with Crippen LogP contribution < -0.4 is 4.74 Å². The minimum atomic E-state index is -0.0597. The number of carbonyl (C=O) groups excluding carboxylic acids is 1. The van der Waals surface area contributed by atoms with E-state index in [4.69, 9.17) is 20.9 Å². The second kappa shape index (κ2) is 7.22. The largest absolute Gasteiger partial charge is 0.484 e. The van der Waals surface area contributed by atoms with Gasteiger partial charge in [0.05, 0.1) is 6.54 Å². The predicted octanol–water partition coefficient (Wildman–Crippen LogP) is 3.96. The summed E-state index contributed by atoms with van der Waals surface area (Å²) in [4.78, 5) is 14.2. The summed E-state index contributed by atoms with van der Waals surface area (Å²) in [6.45, 7) is 1.07. The first kappa shape index (κ1) is 16.7. The van der Waals surface area contributed by atoms with E-state index in [0.29, 0.717) is 30.3 Å². The first-order chi connectivity index (χ1) is 12.7. The van der Waals surface area contributed by atoms with Crippen LogP contribution in [-0.4, -0.2) is 29.1 Å². The number of carbonyl (C=O) groups is 1. The Kier molecular flexibility index (Phi) is 4.63. The highest BCUT2D eigenvalue weighted by Gasteiger charge is 2.27. The zero-order valence-electron chi connectivity index (χ0n) is 14.0. The Bertz CT molecular complexity index is 907. The number of halogens is 1. The lowest BCUT2D eigenvalue weighted by atomic mass is 10.0. The van der Waals surface area contributed by atoms with Crippen LogP contribution in [0.1, 0.15) is 11.3 Å². The third kappa shape index (κ3) is 3.44. The van der Waals surface area contributed by atoms with E-state index in [0.717, 1.165) is 22.6 Å². The molecule has 1 aliphatic rings. The minimum absolute atomic E-state index is 0.0151. The molecule has 0 saturated heterocycles. The lowest BCUT2D eigenvalue weighted by Gasteiger charge is -2.26. The van der Waals surface area contributed by atoms with Crippen molar-refractivity contribution in [1.82, 2.24) is 10.1 Å². The molecule has 1 aromatic heterocycles. The summed E-state index contributed by atoms with van der Waals surface area (Å²) < 4.78 is 11.1. The van der Waals surface area contributed by atoms with Crippen molar-refractivity contribution in [3.05, 3.63) is 70.9 Å². The molecule has 1 aliphatic heterocycles.